The summed E-state index contributed by atoms with van der Waals surface area (Å²) in [6, 6.07) is -0.818. The molecule has 0 aromatic carbocycles. The number of nitrogens with one attached hydrogen (secondary N) is 1. The summed E-state index contributed by atoms with van der Waals surface area (Å²) in [5, 5.41) is 86.5. The average molecular weight is 822 g/mol. The van der Waals surface area contributed by atoms with E-state index in [9.17, 15) is 45.6 Å². The van der Waals surface area contributed by atoms with E-state index in [0.717, 1.165) is 51.4 Å². The van der Waals surface area contributed by atoms with Gasteiger partial charge in [0.2, 0.25) is 5.91 Å². The van der Waals surface area contributed by atoms with Gasteiger partial charge in [0.1, 0.15) is 48.8 Å². The highest BCUT2D eigenvalue weighted by Gasteiger charge is 2.51. The van der Waals surface area contributed by atoms with Crippen molar-refractivity contribution in [2.45, 2.75) is 248 Å². The molecule has 0 aliphatic carbocycles. The number of carbonyl (C=O) groups is 1. The number of aliphatic hydroxyl groups excluding tert-OH is 8. The van der Waals surface area contributed by atoms with Gasteiger partial charge in [0.05, 0.1) is 32.0 Å². The molecule has 9 N–H and O–H groups in total. The van der Waals surface area contributed by atoms with Crippen molar-refractivity contribution in [3.63, 3.8) is 0 Å². The Bertz CT molecular complexity index is 977. The number of hydrogen-bond acceptors (Lipinski definition) is 13. The minimum Gasteiger partial charge on any atom is -0.394 e. The van der Waals surface area contributed by atoms with Crippen LogP contribution in [0, 0.1) is 0 Å². The van der Waals surface area contributed by atoms with Crippen molar-refractivity contribution in [2.75, 3.05) is 19.8 Å². The minimum absolute atomic E-state index is 0.212. The molecule has 2 heterocycles. The number of unbranched alkanes of at least 4 members (excludes halogenated alkanes) is 21. The van der Waals surface area contributed by atoms with Crippen LogP contribution in [0.1, 0.15) is 174 Å². The van der Waals surface area contributed by atoms with E-state index in [1.165, 1.54) is 96.3 Å². The molecule has 2 aliphatic heterocycles. The van der Waals surface area contributed by atoms with E-state index in [0.29, 0.717) is 12.8 Å². The van der Waals surface area contributed by atoms with Crippen molar-refractivity contribution in [1.82, 2.24) is 5.32 Å². The van der Waals surface area contributed by atoms with Gasteiger partial charge in [0.25, 0.3) is 0 Å². The fourth-order valence-electron chi connectivity index (χ4n) is 7.76. The lowest BCUT2D eigenvalue weighted by molar-refractivity contribution is -0.359. The molecule has 2 aliphatic rings. The van der Waals surface area contributed by atoms with E-state index in [4.69, 9.17) is 18.9 Å². The van der Waals surface area contributed by atoms with Crippen LogP contribution in [-0.2, 0) is 23.7 Å². The Hall–Kier alpha value is -1.01. The lowest BCUT2D eigenvalue weighted by Crippen LogP contribution is -2.65. The predicted octanol–water partition coefficient (Wildman–Crippen LogP) is 4.27. The van der Waals surface area contributed by atoms with Crippen molar-refractivity contribution < 1.29 is 64.6 Å². The zero-order valence-corrected chi connectivity index (χ0v) is 35.3. The van der Waals surface area contributed by atoms with Crippen LogP contribution >= 0.6 is 0 Å². The number of carbonyl (C=O) groups excluding carboxylic acids is 1. The topological polar surface area (TPSA) is 228 Å². The second kappa shape index (κ2) is 31.8. The summed E-state index contributed by atoms with van der Waals surface area (Å²) < 4.78 is 22.6. The lowest BCUT2D eigenvalue weighted by atomic mass is 9.97. The average Bonchev–Trinajstić information content (AvgIpc) is 3.21. The predicted molar refractivity (Wildman–Crippen MR) is 217 cm³/mol. The zero-order chi connectivity index (χ0) is 41.8. The van der Waals surface area contributed by atoms with E-state index in [1.54, 1.807) is 0 Å². The van der Waals surface area contributed by atoms with Crippen LogP contribution in [0.25, 0.3) is 0 Å². The van der Waals surface area contributed by atoms with Crippen LogP contribution in [0.4, 0.5) is 0 Å². The number of amides is 1. The van der Waals surface area contributed by atoms with Crippen LogP contribution in [0.3, 0.4) is 0 Å². The second-order valence-corrected chi connectivity index (χ2v) is 16.5. The van der Waals surface area contributed by atoms with Crippen LogP contribution in [-0.4, -0.2) is 140 Å². The molecular formula is C43H83NO13. The van der Waals surface area contributed by atoms with Crippen molar-refractivity contribution in [2.24, 2.45) is 0 Å². The third-order valence-corrected chi connectivity index (χ3v) is 11.6. The van der Waals surface area contributed by atoms with Crippen molar-refractivity contribution >= 4 is 5.91 Å². The second-order valence-electron chi connectivity index (χ2n) is 16.5. The fraction of sp³-hybridized carbons (Fsp3) is 0.977. The summed E-state index contributed by atoms with van der Waals surface area (Å²) in [5.74, 6) is -0.212. The normalized spacial score (nSPS) is 29.0. The molecule has 0 aromatic rings. The molecule has 14 heteroatoms. The first-order valence-corrected chi connectivity index (χ1v) is 22.8. The molecular weight excluding hydrogens is 738 g/mol. The van der Waals surface area contributed by atoms with Crippen LogP contribution in [0.2, 0.25) is 0 Å². The van der Waals surface area contributed by atoms with Gasteiger partial charge < -0.3 is 65.1 Å². The Kier molecular flexibility index (Phi) is 29.1. The van der Waals surface area contributed by atoms with E-state index < -0.39 is 86.8 Å². The molecule has 12 atom stereocenters. The van der Waals surface area contributed by atoms with Gasteiger partial charge in [-0.1, -0.05) is 155 Å². The SMILES string of the molecule is CCCCCCCCCCCCCCCCCC(O)C(COC1OC(CO)C(OC2OC(CO)C(O)C(O)C2O)C(O)C1O)NC(=O)CCCCCCCCCC. The molecule has 1 amide bonds. The first-order valence-electron chi connectivity index (χ1n) is 22.8. The first kappa shape index (κ1) is 52.1. The number of aliphatic hydroxyl groups is 8. The summed E-state index contributed by atoms with van der Waals surface area (Å²) in [4.78, 5) is 13.0. The summed E-state index contributed by atoms with van der Waals surface area (Å²) in [7, 11) is 0. The maximum Gasteiger partial charge on any atom is 0.220 e. The quantitative estimate of drug-likeness (QED) is 0.0414. The first-order chi connectivity index (χ1) is 27.6. The number of ether oxygens (including phenoxy) is 4. The van der Waals surface area contributed by atoms with Gasteiger partial charge in [-0.2, -0.15) is 0 Å². The summed E-state index contributed by atoms with van der Waals surface area (Å²) in [6.07, 6.45) is 11.3. The van der Waals surface area contributed by atoms with Gasteiger partial charge in [-0.25, -0.2) is 0 Å². The van der Waals surface area contributed by atoms with E-state index in [1.807, 2.05) is 0 Å². The van der Waals surface area contributed by atoms with Gasteiger partial charge >= 0.3 is 0 Å². The monoisotopic (exact) mass is 822 g/mol. The van der Waals surface area contributed by atoms with Gasteiger partial charge in [-0.15, -0.1) is 0 Å². The standard InChI is InChI=1S/C43H83NO13/c1-3-5-7-9-11-13-14-15-16-17-18-19-20-22-24-26-32(47)31(44-35(48)27-25-23-21-12-10-8-6-4-2)30-54-42-40(53)38(51)41(34(29-46)56-42)57-43-39(52)37(50)36(49)33(28-45)55-43/h31-34,36-43,45-47,49-53H,3-30H2,1-2H3,(H,44,48). The molecule has 57 heavy (non-hydrogen) atoms. The largest absolute Gasteiger partial charge is 0.394 e. The van der Waals surface area contributed by atoms with Crippen molar-refractivity contribution in [3.05, 3.63) is 0 Å². The Morgan fingerprint density at radius 1 is 0.561 bits per heavy atom. The van der Waals surface area contributed by atoms with Crippen molar-refractivity contribution in [1.29, 1.82) is 0 Å². The molecule has 2 fully saturated rings. The Labute approximate surface area is 343 Å². The molecule has 0 radical (unpaired) electrons. The summed E-state index contributed by atoms with van der Waals surface area (Å²) in [5.41, 5.74) is 0. The Balaban J connectivity index is 1.86. The number of hydrogen-bond donors (Lipinski definition) is 9. The molecule has 12 unspecified atom stereocenters. The highest BCUT2D eigenvalue weighted by atomic mass is 16.7. The highest BCUT2D eigenvalue weighted by Crippen LogP contribution is 2.30. The molecule has 0 spiro atoms. The molecule has 2 rings (SSSR count). The van der Waals surface area contributed by atoms with E-state index in [2.05, 4.69) is 19.2 Å². The minimum atomic E-state index is -1.78. The molecule has 0 saturated carbocycles. The van der Waals surface area contributed by atoms with Gasteiger partial charge in [0.15, 0.2) is 12.6 Å². The molecule has 2 saturated heterocycles. The highest BCUT2D eigenvalue weighted by molar-refractivity contribution is 5.76. The molecule has 338 valence electrons. The third kappa shape index (κ3) is 20.4. The maximum atomic E-state index is 13.0. The van der Waals surface area contributed by atoms with Crippen LogP contribution in [0.5, 0.6) is 0 Å². The zero-order valence-electron chi connectivity index (χ0n) is 35.3. The Morgan fingerprint density at radius 3 is 1.49 bits per heavy atom. The summed E-state index contributed by atoms with van der Waals surface area (Å²) in [6.45, 7) is 2.80. The van der Waals surface area contributed by atoms with Crippen molar-refractivity contribution in [3.8, 4) is 0 Å². The number of rotatable bonds is 34. The molecule has 0 aromatic heterocycles. The van der Waals surface area contributed by atoms with E-state index >= 15 is 0 Å². The fourth-order valence-corrected chi connectivity index (χ4v) is 7.76. The third-order valence-electron chi connectivity index (χ3n) is 11.6. The van der Waals surface area contributed by atoms with Crippen LogP contribution < -0.4 is 5.32 Å². The molecule has 0 bridgehead atoms. The maximum absolute atomic E-state index is 13.0. The van der Waals surface area contributed by atoms with Gasteiger partial charge in [-0.3, -0.25) is 4.79 Å². The van der Waals surface area contributed by atoms with Crippen LogP contribution in [0.15, 0.2) is 0 Å². The summed E-state index contributed by atoms with van der Waals surface area (Å²) >= 11 is 0. The van der Waals surface area contributed by atoms with Gasteiger partial charge in [-0.05, 0) is 12.8 Å². The van der Waals surface area contributed by atoms with Gasteiger partial charge in [0, 0.05) is 6.42 Å². The lowest BCUT2D eigenvalue weighted by Gasteiger charge is -2.46. The Morgan fingerprint density at radius 2 is 1.00 bits per heavy atom. The molecule has 14 nitrogen and oxygen atoms in total. The smallest absolute Gasteiger partial charge is 0.220 e. The van der Waals surface area contributed by atoms with E-state index in [-0.39, 0.29) is 12.5 Å².